The van der Waals surface area contributed by atoms with E-state index in [1.165, 1.54) is 28.4 Å². The largest absolute Gasteiger partial charge is 0.497 e. The predicted octanol–water partition coefficient (Wildman–Crippen LogP) is 3.12. The summed E-state index contributed by atoms with van der Waals surface area (Å²) < 4.78 is 39.0. The van der Waals surface area contributed by atoms with Crippen molar-refractivity contribution in [3.05, 3.63) is 60.2 Å². The Morgan fingerprint density at radius 2 is 1.89 bits per heavy atom. The highest BCUT2D eigenvalue weighted by Gasteiger charge is 2.39. The normalized spacial score (nSPS) is 17.1. The number of ether oxygens (including phenoxy) is 2. The lowest BCUT2D eigenvalue weighted by atomic mass is 9.97. The lowest BCUT2D eigenvalue weighted by Gasteiger charge is -2.38. The fourth-order valence-electron chi connectivity index (χ4n) is 4.61. The Balaban J connectivity index is 1.92. The fourth-order valence-corrected chi connectivity index (χ4v) is 6.11. The summed E-state index contributed by atoms with van der Waals surface area (Å²) in [4.78, 5) is 13.7. The molecule has 2 N–H and O–H groups in total. The first kappa shape index (κ1) is 29.4. The highest BCUT2D eigenvalue weighted by Crippen LogP contribution is 2.25. The summed E-state index contributed by atoms with van der Waals surface area (Å²) in [7, 11) is -2.55. The zero-order chi connectivity index (χ0) is 27.5. The maximum absolute atomic E-state index is 13.6. The van der Waals surface area contributed by atoms with E-state index in [4.69, 9.17) is 14.7 Å². The molecule has 0 radical (unpaired) electrons. The second-order valence-corrected chi connectivity index (χ2v) is 11.1. The van der Waals surface area contributed by atoms with Crippen molar-refractivity contribution < 1.29 is 32.9 Å². The van der Waals surface area contributed by atoms with E-state index in [1.807, 2.05) is 30.3 Å². The van der Waals surface area contributed by atoms with Crippen molar-refractivity contribution in [2.24, 2.45) is 0 Å². The van der Waals surface area contributed by atoms with E-state index in [1.54, 1.807) is 12.1 Å². The number of aliphatic hydroxyl groups excluding tert-OH is 1. The zero-order valence-corrected chi connectivity index (χ0v) is 22.3. The summed E-state index contributed by atoms with van der Waals surface area (Å²) in [6.07, 6.45) is -0.630. The SMILES string of the molecule is COc1ccc(S(=O)(=O)N(CCCCC#N)C[C@@H](O)[C@H](Cc2ccccc2)N(C(=O)O)[C@H]2CCOC2)cc1. The van der Waals surface area contributed by atoms with E-state index in [2.05, 4.69) is 6.07 Å². The molecule has 1 saturated heterocycles. The van der Waals surface area contributed by atoms with Gasteiger partial charge in [-0.05, 0) is 55.5 Å². The van der Waals surface area contributed by atoms with Crippen LogP contribution in [0.4, 0.5) is 4.79 Å². The molecule has 206 valence electrons. The minimum Gasteiger partial charge on any atom is -0.497 e. The fraction of sp³-hybridized carbons (Fsp3) is 0.481. The van der Waals surface area contributed by atoms with Crippen molar-refractivity contribution in [1.29, 1.82) is 5.26 Å². The van der Waals surface area contributed by atoms with Gasteiger partial charge < -0.3 is 19.7 Å². The van der Waals surface area contributed by atoms with Crippen LogP contribution in [-0.4, -0.2) is 85.5 Å². The second-order valence-electron chi connectivity index (χ2n) is 9.19. The van der Waals surface area contributed by atoms with Gasteiger partial charge in [-0.2, -0.15) is 9.57 Å². The van der Waals surface area contributed by atoms with Crippen LogP contribution in [0, 0.1) is 11.3 Å². The van der Waals surface area contributed by atoms with Gasteiger partial charge in [0.1, 0.15) is 5.75 Å². The van der Waals surface area contributed by atoms with Gasteiger partial charge in [-0.25, -0.2) is 13.2 Å². The number of carboxylic acid groups (broad SMARTS) is 1. The van der Waals surface area contributed by atoms with E-state index < -0.39 is 34.3 Å². The van der Waals surface area contributed by atoms with E-state index in [0.29, 0.717) is 31.6 Å². The summed E-state index contributed by atoms with van der Waals surface area (Å²) in [6.45, 7) is 0.395. The number of hydrogen-bond acceptors (Lipinski definition) is 7. The van der Waals surface area contributed by atoms with Crippen molar-refractivity contribution in [2.75, 3.05) is 33.4 Å². The van der Waals surface area contributed by atoms with Crippen molar-refractivity contribution in [3.8, 4) is 11.8 Å². The van der Waals surface area contributed by atoms with Gasteiger partial charge in [0.25, 0.3) is 0 Å². The van der Waals surface area contributed by atoms with E-state index in [0.717, 1.165) is 5.56 Å². The van der Waals surface area contributed by atoms with Crippen LogP contribution in [-0.2, 0) is 21.2 Å². The molecule has 1 fully saturated rings. The van der Waals surface area contributed by atoms with Gasteiger partial charge in [0.15, 0.2) is 0 Å². The molecule has 38 heavy (non-hydrogen) atoms. The van der Waals surface area contributed by atoms with E-state index >= 15 is 0 Å². The van der Waals surface area contributed by atoms with E-state index in [9.17, 15) is 23.4 Å². The van der Waals surface area contributed by atoms with Crippen LogP contribution < -0.4 is 4.74 Å². The maximum Gasteiger partial charge on any atom is 0.407 e. The first-order valence-corrected chi connectivity index (χ1v) is 14.0. The molecule has 2 aromatic carbocycles. The lowest BCUT2D eigenvalue weighted by Crippen LogP contribution is -2.56. The Hall–Kier alpha value is -3.17. The zero-order valence-electron chi connectivity index (χ0n) is 21.5. The maximum atomic E-state index is 13.6. The number of carbonyl (C=O) groups is 1. The average Bonchev–Trinajstić information content (AvgIpc) is 3.44. The average molecular weight is 546 g/mol. The van der Waals surface area contributed by atoms with Crippen LogP contribution >= 0.6 is 0 Å². The molecule has 3 rings (SSSR count). The molecule has 0 bridgehead atoms. The summed E-state index contributed by atoms with van der Waals surface area (Å²) >= 11 is 0. The Labute approximate surface area is 224 Å². The number of hydrogen-bond donors (Lipinski definition) is 2. The van der Waals surface area contributed by atoms with Crippen LogP contribution in [0.2, 0.25) is 0 Å². The van der Waals surface area contributed by atoms with Crippen LogP contribution in [0.1, 0.15) is 31.2 Å². The van der Waals surface area contributed by atoms with Gasteiger partial charge in [0.05, 0.1) is 42.9 Å². The Kier molecular flexibility index (Phi) is 10.9. The standard InChI is InChI=1S/C27H35N3O7S/c1-36-23-10-12-24(13-11-23)38(34,35)29(16-7-3-6-15-28)19-26(31)25(18-21-8-4-2-5-9-21)30(27(32)33)22-14-17-37-20-22/h2,4-5,8-13,22,25-26,31H,3,6-7,14,16-20H2,1H3,(H,32,33)/t22-,25-,26+/m0/s1. The number of benzene rings is 2. The number of unbranched alkanes of at least 4 members (excludes halogenated alkanes) is 2. The Morgan fingerprint density at radius 1 is 1.18 bits per heavy atom. The quantitative estimate of drug-likeness (QED) is 0.345. The van der Waals surface area contributed by atoms with Gasteiger partial charge >= 0.3 is 6.09 Å². The molecule has 1 aliphatic rings. The number of methoxy groups -OCH3 is 1. The third-order valence-electron chi connectivity index (χ3n) is 6.64. The minimum absolute atomic E-state index is 0.0321. The molecule has 2 aromatic rings. The number of aliphatic hydroxyl groups is 1. The number of rotatable bonds is 14. The van der Waals surface area contributed by atoms with Crippen molar-refractivity contribution in [1.82, 2.24) is 9.21 Å². The summed E-state index contributed by atoms with van der Waals surface area (Å²) in [5.74, 6) is 0.503. The third-order valence-corrected chi connectivity index (χ3v) is 8.52. The number of sulfonamides is 1. The van der Waals surface area contributed by atoms with Crippen LogP contribution in [0.15, 0.2) is 59.5 Å². The molecular formula is C27H35N3O7S. The molecule has 0 saturated carbocycles. The molecule has 1 heterocycles. The first-order chi connectivity index (χ1) is 18.3. The van der Waals surface area contributed by atoms with Gasteiger partial charge in [0, 0.05) is 26.1 Å². The number of nitriles is 1. The van der Waals surface area contributed by atoms with Crippen LogP contribution in [0.3, 0.4) is 0 Å². The number of amides is 1. The summed E-state index contributed by atoms with van der Waals surface area (Å²) in [6, 6.07) is 15.9. The molecule has 3 atom stereocenters. The summed E-state index contributed by atoms with van der Waals surface area (Å²) in [5.41, 5.74) is 0.820. The predicted molar refractivity (Wildman–Crippen MR) is 140 cm³/mol. The molecule has 1 amide bonds. The molecule has 0 spiro atoms. The molecule has 0 unspecified atom stereocenters. The smallest absolute Gasteiger partial charge is 0.407 e. The molecule has 0 aliphatic carbocycles. The molecule has 11 heteroatoms. The highest BCUT2D eigenvalue weighted by molar-refractivity contribution is 7.89. The van der Waals surface area contributed by atoms with Crippen molar-refractivity contribution >= 4 is 16.1 Å². The van der Waals surface area contributed by atoms with Gasteiger partial charge in [-0.3, -0.25) is 4.90 Å². The van der Waals surface area contributed by atoms with Gasteiger partial charge in [-0.1, -0.05) is 30.3 Å². The van der Waals surface area contributed by atoms with Gasteiger partial charge in [0.2, 0.25) is 10.0 Å². The van der Waals surface area contributed by atoms with E-state index in [-0.39, 0.29) is 37.4 Å². The highest BCUT2D eigenvalue weighted by atomic mass is 32.2. The monoisotopic (exact) mass is 545 g/mol. The molecule has 10 nitrogen and oxygen atoms in total. The molecule has 0 aromatic heterocycles. The minimum atomic E-state index is -4.04. The Bertz CT molecular complexity index is 1160. The van der Waals surface area contributed by atoms with Gasteiger partial charge in [-0.15, -0.1) is 0 Å². The van der Waals surface area contributed by atoms with Crippen molar-refractivity contribution in [2.45, 2.75) is 55.2 Å². The summed E-state index contributed by atoms with van der Waals surface area (Å²) in [5, 5.41) is 30.5. The molecular weight excluding hydrogens is 510 g/mol. The first-order valence-electron chi connectivity index (χ1n) is 12.6. The second kappa shape index (κ2) is 14.1. The van der Waals surface area contributed by atoms with Crippen LogP contribution in [0.25, 0.3) is 0 Å². The van der Waals surface area contributed by atoms with Crippen LogP contribution in [0.5, 0.6) is 5.75 Å². The lowest BCUT2D eigenvalue weighted by molar-refractivity contribution is 0.0169. The third kappa shape index (κ3) is 7.68. The Morgan fingerprint density at radius 3 is 2.47 bits per heavy atom. The van der Waals surface area contributed by atoms with Crippen molar-refractivity contribution in [3.63, 3.8) is 0 Å². The number of nitrogens with zero attached hydrogens (tertiary/aromatic N) is 3. The topological polar surface area (TPSA) is 140 Å². The molecule has 1 aliphatic heterocycles.